The van der Waals surface area contributed by atoms with Gasteiger partial charge < -0.3 is 30.7 Å². The van der Waals surface area contributed by atoms with Crippen LogP contribution in [0.1, 0.15) is 38.5 Å². The fourth-order valence-corrected chi connectivity index (χ4v) is 5.43. The fraction of sp³-hybridized carbons (Fsp3) is 0.500. The number of hydrogen-bond donors (Lipinski definition) is 2. The van der Waals surface area contributed by atoms with Gasteiger partial charge in [-0.1, -0.05) is 19.4 Å². The molecule has 0 aromatic carbocycles. The molecule has 2 aliphatic carbocycles. The van der Waals surface area contributed by atoms with Crippen molar-refractivity contribution >= 4 is 29.2 Å². The molecular formula is C28H38N8O2. The van der Waals surface area contributed by atoms with Crippen LogP contribution in [0, 0.1) is 5.92 Å². The molecule has 3 heterocycles. The molecule has 3 N–H and O–H groups in total. The predicted molar refractivity (Wildman–Crippen MR) is 149 cm³/mol. The van der Waals surface area contributed by atoms with Crippen LogP contribution in [0.4, 0.5) is 11.5 Å². The molecule has 4 aliphatic rings. The van der Waals surface area contributed by atoms with E-state index >= 15 is 0 Å². The number of aliphatic imine (C=N–C) groups is 1. The summed E-state index contributed by atoms with van der Waals surface area (Å²) in [5.74, 6) is 2.20. The molecule has 0 atom stereocenters. The lowest BCUT2D eigenvalue weighted by Crippen LogP contribution is -2.49. The van der Waals surface area contributed by atoms with Gasteiger partial charge in [-0.05, 0) is 43.9 Å². The number of aromatic nitrogens is 1. The van der Waals surface area contributed by atoms with E-state index in [9.17, 15) is 9.59 Å². The maximum Gasteiger partial charge on any atom is 0.270 e. The Balaban J connectivity index is 1.25. The van der Waals surface area contributed by atoms with Crippen molar-refractivity contribution in [3.63, 3.8) is 0 Å². The summed E-state index contributed by atoms with van der Waals surface area (Å²) >= 11 is 0. The average molecular weight is 519 g/mol. The largest absolute Gasteiger partial charge is 0.404 e. The number of carbonyl (C=O) groups excluding carboxylic acids is 2. The van der Waals surface area contributed by atoms with E-state index in [2.05, 4.69) is 21.8 Å². The molecule has 0 spiro atoms. The van der Waals surface area contributed by atoms with Crippen LogP contribution in [0.15, 0.2) is 59.3 Å². The Morgan fingerprint density at radius 1 is 1.13 bits per heavy atom. The highest BCUT2D eigenvalue weighted by atomic mass is 16.2. The number of amidine groups is 1. The first kappa shape index (κ1) is 25.8. The first-order valence-corrected chi connectivity index (χ1v) is 13.5. The van der Waals surface area contributed by atoms with Gasteiger partial charge >= 0.3 is 0 Å². The normalized spacial score (nSPS) is 22.3. The Morgan fingerprint density at radius 2 is 1.84 bits per heavy atom. The lowest BCUT2D eigenvalue weighted by Gasteiger charge is -2.36. The Labute approximate surface area is 224 Å². The van der Waals surface area contributed by atoms with E-state index < -0.39 is 0 Å². The van der Waals surface area contributed by atoms with Crippen LogP contribution in [0.25, 0.3) is 0 Å². The number of nitrogens with one attached hydrogen (secondary N) is 1. The summed E-state index contributed by atoms with van der Waals surface area (Å²) in [6.07, 6.45) is 11.5. The van der Waals surface area contributed by atoms with Gasteiger partial charge in [0, 0.05) is 64.0 Å². The number of pyridine rings is 1. The van der Waals surface area contributed by atoms with Crippen molar-refractivity contribution in [3.8, 4) is 0 Å². The maximum atomic E-state index is 13.0. The maximum absolute atomic E-state index is 13.0. The molecule has 10 nitrogen and oxygen atoms in total. The summed E-state index contributed by atoms with van der Waals surface area (Å²) in [7, 11) is 3.50. The highest BCUT2D eigenvalue weighted by Gasteiger charge is 2.37. The highest BCUT2D eigenvalue weighted by Crippen LogP contribution is 2.34. The van der Waals surface area contributed by atoms with Crippen LogP contribution in [-0.4, -0.2) is 83.6 Å². The summed E-state index contributed by atoms with van der Waals surface area (Å²) < 4.78 is 0. The smallest absolute Gasteiger partial charge is 0.270 e. The molecule has 3 fully saturated rings. The number of carbonyl (C=O) groups is 2. The Hall–Kier alpha value is -3.82. The van der Waals surface area contributed by atoms with E-state index in [1.807, 2.05) is 34.2 Å². The van der Waals surface area contributed by atoms with Crippen molar-refractivity contribution in [1.82, 2.24) is 19.7 Å². The van der Waals surface area contributed by atoms with Crippen LogP contribution < -0.4 is 16.0 Å². The van der Waals surface area contributed by atoms with Gasteiger partial charge in [0.25, 0.3) is 5.91 Å². The van der Waals surface area contributed by atoms with Crippen molar-refractivity contribution in [3.05, 3.63) is 54.3 Å². The lowest BCUT2D eigenvalue weighted by atomic mass is 10.2. The molecule has 0 radical (unpaired) electrons. The van der Waals surface area contributed by atoms with E-state index in [0.717, 1.165) is 70.4 Å². The molecule has 1 aromatic heterocycles. The fourth-order valence-electron chi connectivity index (χ4n) is 5.43. The predicted octanol–water partition coefficient (Wildman–Crippen LogP) is 2.49. The first-order chi connectivity index (χ1) is 18.4. The van der Waals surface area contributed by atoms with Crippen LogP contribution in [0.3, 0.4) is 0 Å². The standard InChI is InChI=1S/C28H38N8O2/c1-19(32-26-21(17-29)16-24(28(38)33(2)3)36(26)22-6-4-5-7-22)31-25-11-10-23(18-30-25)34-12-14-35(15-13-34)27(37)20-8-9-20/h10-11,16-18,20,22H,1,4-9,12-15,29H2,2-3H3,(H,30,31)/b21-17-,32-26+. The molecule has 202 valence electrons. The summed E-state index contributed by atoms with van der Waals surface area (Å²) in [6.45, 7) is 7.22. The van der Waals surface area contributed by atoms with Crippen LogP contribution >= 0.6 is 0 Å². The Bertz CT molecular complexity index is 1170. The lowest BCUT2D eigenvalue weighted by molar-refractivity contribution is -0.132. The second-order valence-electron chi connectivity index (χ2n) is 10.7. The van der Waals surface area contributed by atoms with Gasteiger partial charge in [-0.3, -0.25) is 9.59 Å². The zero-order chi connectivity index (χ0) is 26.8. The zero-order valence-corrected chi connectivity index (χ0v) is 22.4. The minimum Gasteiger partial charge on any atom is -0.404 e. The number of anilines is 2. The summed E-state index contributed by atoms with van der Waals surface area (Å²) in [6, 6.07) is 4.13. The first-order valence-electron chi connectivity index (χ1n) is 13.5. The van der Waals surface area contributed by atoms with Crippen molar-refractivity contribution < 1.29 is 9.59 Å². The monoisotopic (exact) mass is 518 g/mol. The summed E-state index contributed by atoms with van der Waals surface area (Å²) in [5.41, 5.74) is 8.27. The molecule has 0 bridgehead atoms. The van der Waals surface area contributed by atoms with Crippen LogP contribution in [0.5, 0.6) is 0 Å². The summed E-state index contributed by atoms with van der Waals surface area (Å²) in [4.78, 5) is 42.5. The minimum atomic E-state index is -0.0741. The number of nitrogens with two attached hydrogens (primary N) is 1. The SMILES string of the molecule is C=C(/N=C1\C(=C/N)C=C(C(=O)N(C)C)N1C1CCCC1)Nc1ccc(N2CCN(C(=O)C3CC3)CC2)cn1. The van der Waals surface area contributed by atoms with Crippen molar-refractivity contribution in [1.29, 1.82) is 0 Å². The van der Waals surface area contributed by atoms with Crippen molar-refractivity contribution in [2.24, 2.45) is 16.6 Å². The van der Waals surface area contributed by atoms with E-state index in [0.29, 0.717) is 34.7 Å². The third-order valence-corrected chi connectivity index (χ3v) is 7.68. The highest BCUT2D eigenvalue weighted by molar-refractivity contribution is 6.12. The van der Waals surface area contributed by atoms with Gasteiger partial charge in [0.1, 0.15) is 23.2 Å². The third-order valence-electron chi connectivity index (χ3n) is 7.68. The molecule has 5 rings (SSSR count). The molecule has 10 heteroatoms. The molecule has 2 aliphatic heterocycles. The second-order valence-corrected chi connectivity index (χ2v) is 10.7. The van der Waals surface area contributed by atoms with E-state index in [4.69, 9.17) is 10.7 Å². The molecule has 1 saturated heterocycles. The van der Waals surface area contributed by atoms with Crippen molar-refractivity contribution in [2.45, 2.75) is 44.6 Å². The zero-order valence-electron chi connectivity index (χ0n) is 22.4. The molecule has 2 saturated carbocycles. The molecule has 38 heavy (non-hydrogen) atoms. The molecular weight excluding hydrogens is 480 g/mol. The number of rotatable bonds is 7. The topological polar surface area (TPSA) is 110 Å². The average Bonchev–Trinajstić information content (AvgIpc) is 3.52. The number of hydrogen-bond acceptors (Lipinski definition) is 7. The number of nitrogens with zero attached hydrogens (tertiary/aromatic N) is 6. The van der Waals surface area contributed by atoms with Crippen molar-refractivity contribution in [2.75, 3.05) is 50.5 Å². The quantitative estimate of drug-likeness (QED) is 0.571. The third kappa shape index (κ3) is 5.39. The molecule has 0 unspecified atom stereocenters. The molecule has 2 amide bonds. The number of piperazine rings is 1. The van der Waals surface area contributed by atoms with Gasteiger partial charge in [0.15, 0.2) is 0 Å². The second kappa shape index (κ2) is 10.9. The Kier molecular flexibility index (Phi) is 7.40. The van der Waals surface area contributed by atoms with Gasteiger partial charge in [0.2, 0.25) is 5.91 Å². The van der Waals surface area contributed by atoms with E-state index in [1.54, 1.807) is 19.0 Å². The van der Waals surface area contributed by atoms with Gasteiger partial charge in [-0.15, -0.1) is 0 Å². The molecule has 1 aromatic rings. The van der Waals surface area contributed by atoms with Crippen LogP contribution in [-0.2, 0) is 9.59 Å². The van der Waals surface area contributed by atoms with E-state index in [1.165, 1.54) is 6.20 Å². The van der Waals surface area contributed by atoms with Gasteiger partial charge in [0.05, 0.1) is 11.9 Å². The minimum absolute atomic E-state index is 0.0741. The Morgan fingerprint density at radius 3 is 2.42 bits per heavy atom. The summed E-state index contributed by atoms with van der Waals surface area (Å²) in [5, 5.41) is 3.19. The van der Waals surface area contributed by atoms with Gasteiger partial charge in [-0.25, -0.2) is 9.98 Å². The number of amides is 2. The van der Waals surface area contributed by atoms with Gasteiger partial charge in [-0.2, -0.15) is 0 Å². The van der Waals surface area contributed by atoms with Crippen LogP contribution in [0.2, 0.25) is 0 Å². The van der Waals surface area contributed by atoms with E-state index in [-0.39, 0.29) is 17.9 Å². The number of likely N-dealkylation sites (N-methyl/N-ethyl adjacent to an activating group) is 1.